The predicted octanol–water partition coefficient (Wildman–Crippen LogP) is 3.17. The van der Waals surface area contributed by atoms with Gasteiger partial charge in [0, 0.05) is 30.0 Å². The van der Waals surface area contributed by atoms with Crippen LogP contribution in [0.4, 0.5) is 16.2 Å². The van der Waals surface area contributed by atoms with E-state index < -0.39 is 0 Å². The molecule has 5 heteroatoms. The lowest BCUT2D eigenvalue weighted by molar-refractivity contribution is 0.102. The Kier molecular flexibility index (Phi) is 4.28. The normalized spacial score (nSPS) is 14.3. The van der Waals surface area contributed by atoms with E-state index in [1.165, 1.54) is 0 Å². The van der Waals surface area contributed by atoms with Gasteiger partial charge in [0.15, 0.2) is 0 Å². The summed E-state index contributed by atoms with van der Waals surface area (Å²) in [4.78, 5) is 26.0. The van der Waals surface area contributed by atoms with Crippen molar-refractivity contribution in [1.82, 2.24) is 5.32 Å². The molecule has 2 aromatic carbocycles. The van der Waals surface area contributed by atoms with Crippen molar-refractivity contribution in [3.05, 3.63) is 59.7 Å². The van der Waals surface area contributed by atoms with Crippen molar-refractivity contribution in [1.29, 1.82) is 0 Å². The van der Waals surface area contributed by atoms with Gasteiger partial charge < -0.3 is 10.6 Å². The molecule has 0 atom stereocenters. The lowest BCUT2D eigenvalue weighted by Crippen LogP contribution is -2.46. The zero-order chi connectivity index (χ0) is 16.2. The minimum atomic E-state index is -0.150. The fourth-order valence-electron chi connectivity index (χ4n) is 2.65. The van der Waals surface area contributed by atoms with Crippen LogP contribution < -0.4 is 15.5 Å². The molecule has 3 rings (SSSR count). The zero-order valence-corrected chi connectivity index (χ0v) is 13.0. The van der Waals surface area contributed by atoms with Crippen molar-refractivity contribution in [3.63, 3.8) is 0 Å². The zero-order valence-electron chi connectivity index (χ0n) is 13.0. The maximum Gasteiger partial charge on any atom is 0.321 e. The van der Waals surface area contributed by atoms with Crippen molar-refractivity contribution in [2.75, 3.05) is 23.3 Å². The minimum Gasteiger partial charge on any atom is -0.338 e. The smallest absolute Gasteiger partial charge is 0.321 e. The fraction of sp³-hybridized carbons (Fsp3) is 0.222. The molecule has 23 heavy (non-hydrogen) atoms. The van der Waals surface area contributed by atoms with Crippen LogP contribution in [0, 0.1) is 6.92 Å². The third-order valence-electron chi connectivity index (χ3n) is 3.89. The topological polar surface area (TPSA) is 61.4 Å². The number of nitrogens with one attached hydrogen (secondary N) is 2. The number of benzene rings is 2. The van der Waals surface area contributed by atoms with Gasteiger partial charge in [0.25, 0.3) is 5.91 Å². The van der Waals surface area contributed by atoms with E-state index in [4.69, 9.17) is 0 Å². The first-order valence-corrected chi connectivity index (χ1v) is 7.67. The Morgan fingerprint density at radius 3 is 2.78 bits per heavy atom. The first-order valence-electron chi connectivity index (χ1n) is 7.67. The molecule has 1 fully saturated rings. The molecule has 0 saturated carbocycles. The van der Waals surface area contributed by atoms with Crippen molar-refractivity contribution < 1.29 is 9.59 Å². The monoisotopic (exact) mass is 309 g/mol. The Balaban J connectivity index is 1.79. The summed E-state index contributed by atoms with van der Waals surface area (Å²) in [6.45, 7) is 3.30. The maximum atomic E-state index is 12.4. The van der Waals surface area contributed by atoms with E-state index in [1.54, 1.807) is 11.0 Å². The lowest BCUT2D eigenvalue weighted by Gasteiger charge is -2.27. The summed E-state index contributed by atoms with van der Waals surface area (Å²) in [5.41, 5.74) is 3.03. The Morgan fingerprint density at radius 2 is 2.00 bits per heavy atom. The van der Waals surface area contributed by atoms with Crippen LogP contribution in [0.25, 0.3) is 0 Å². The average Bonchev–Trinajstić information content (AvgIpc) is 2.56. The number of carbonyl (C=O) groups is 2. The van der Waals surface area contributed by atoms with E-state index in [9.17, 15) is 9.59 Å². The van der Waals surface area contributed by atoms with Crippen LogP contribution in [0.3, 0.4) is 0 Å². The van der Waals surface area contributed by atoms with E-state index >= 15 is 0 Å². The molecule has 0 radical (unpaired) electrons. The molecule has 1 saturated heterocycles. The number of urea groups is 1. The van der Waals surface area contributed by atoms with Crippen LogP contribution in [0.5, 0.6) is 0 Å². The second-order valence-corrected chi connectivity index (χ2v) is 5.56. The molecule has 118 valence electrons. The van der Waals surface area contributed by atoms with E-state index in [0.29, 0.717) is 24.3 Å². The highest BCUT2D eigenvalue weighted by Gasteiger charge is 2.19. The summed E-state index contributed by atoms with van der Waals surface area (Å²) in [6.07, 6.45) is 0.908. The van der Waals surface area contributed by atoms with Gasteiger partial charge in [0.05, 0.1) is 0 Å². The molecular formula is C18H19N3O2. The molecule has 2 N–H and O–H groups in total. The van der Waals surface area contributed by atoms with Crippen LogP contribution in [0.1, 0.15) is 22.3 Å². The maximum absolute atomic E-state index is 12.4. The largest absolute Gasteiger partial charge is 0.338 e. The predicted molar refractivity (Wildman–Crippen MR) is 90.9 cm³/mol. The Labute approximate surface area is 135 Å². The highest BCUT2D eigenvalue weighted by Crippen LogP contribution is 2.22. The highest BCUT2D eigenvalue weighted by atomic mass is 16.2. The summed E-state index contributed by atoms with van der Waals surface area (Å²) in [7, 11) is 0. The SMILES string of the molecule is Cc1ccccc1C(=O)Nc1cccc(N2CCCNC2=O)c1. The van der Waals surface area contributed by atoms with Gasteiger partial charge in [-0.05, 0) is 43.2 Å². The van der Waals surface area contributed by atoms with Gasteiger partial charge in [-0.3, -0.25) is 9.69 Å². The Hall–Kier alpha value is -2.82. The molecule has 3 amide bonds. The van der Waals surface area contributed by atoms with Crippen molar-refractivity contribution in [3.8, 4) is 0 Å². The number of hydrogen-bond donors (Lipinski definition) is 2. The summed E-state index contributed by atoms with van der Waals surface area (Å²) < 4.78 is 0. The Bertz CT molecular complexity index is 743. The minimum absolute atomic E-state index is 0.0985. The molecule has 0 bridgehead atoms. The third kappa shape index (κ3) is 3.34. The Morgan fingerprint density at radius 1 is 1.17 bits per heavy atom. The summed E-state index contributed by atoms with van der Waals surface area (Å²) in [5.74, 6) is -0.150. The number of aryl methyl sites for hydroxylation is 1. The molecule has 2 aromatic rings. The van der Waals surface area contributed by atoms with Gasteiger partial charge in [-0.25, -0.2) is 4.79 Å². The molecule has 0 spiro atoms. The second-order valence-electron chi connectivity index (χ2n) is 5.56. The van der Waals surface area contributed by atoms with Crippen LogP contribution in [0.15, 0.2) is 48.5 Å². The van der Waals surface area contributed by atoms with Crippen LogP contribution in [0.2, 0.25) is 0 Å². The molecule has 1 heterocycles. The number of rotatable bonds is 3. The van der Waals surface area contributed by atoms with E-state index in [-0.39, 0.29) is 11.9 Å². The number of nitrogens with zero attached hydrogens (tertiary/aromatic N) is 1. The molecule has 0 aliphatic carbocycles. The summed E-state index contributed by atoms with van der Waals surface area (Å²) in [6, 6.07) is 14.7. The number of carbonyl (C=O) groups excluding carboxylic acids is 2. The molecule has 0 unspecified atom stereocenters. The average molecular weight is 309 g/mol. The lowest BCUT2D eigenvalue weighted by atomic mass is 10.1. The van der Waals surface area contributed by atoms with Crippen LogP contribution in [-0.4, -0.2) is 25.0 Å². The first-order chi connectivity index (χ1) is 11.1. The highest BCUT2D eigenvalue weighted by molar-refractivity contribution is 6.05. The fourth-order valence-corrected chi connectivity index (χ4v) is 2.65. The first kappa shape index (κ1) is 15.1. The molecule has 1 aliphatic rings. The molecule has 1 aliphatic heterocycles. The molecule has 0 aromatic heterocycles. The van der Waals surface area contributed by atoms with E-state index in [2.05, 4.69) is 10.6 Å². The number of amides is 3. The quantitative estimate of drug-likeness (QED) is 0.915. The molecular weight excluding hydrogens is 290 g/mol. The van der Waals surface area contributed by atoms with Crippen molar-refractivity contribution >= 4 is 23.3 Å². The van der Waals surface area contributed by atoms with Gasteiger partial charge >= 0.3 is 6.03 Å². The summed E-state index contributed by atoms with van der Waals surface area (Å²) >= 11 is 0. The molecule has 5 nitrogen and oxygen atoms in total. The van der Waals surface area contributed by atoms with Crippen LogP contribution >= 0.6 is 0 Å². The van der Waals surface area contributed by atoms with Gasteiger partial charge in [-0.2, -0.15) is 0 Å². The van der Waals surface area contributed by atoms with Crippen LogP contribution in [-0.2, 0) is 0 Å². The number of anilines is 2. The van der Waals surface area contributed by atoms with Gasteiger partial charge in [0.2, 0.25) is 0 Å². The van der Waals surface area contributed by atoms with Gasteiger partial charge in [-0.15, -0.1) is 0 Å². The standard InChI is InChI=1S/C18H19N3O2/c1-13-6-2-3-9-16(13)17(22)20-14-7-4-8-15(12-14)21-11-5-10-19-18(21)23/h2-4,6-9,12H,5,10-11H2,1H3,(H,19,23)(H,20,22). The summed E-state index contributed by atoms with van der Waals surface area (Å²) in [5, 5.41) is 5.72. The second kappa shape index (κ2) is 6.52. The van der Waals surface area contributed by atoms with Gasteiger partial charge in [0.1, 0.15) is 0 Å². The van der Waals surface area contributed by atoms with E-state index in [1.807, 2.05) is 49.4 Å². The van der Waals surface area contributed by atoms with Crippen molar-refractivity contribution in [2.45, 2.75) is 13.3 Å². The third-order valence-corrected chi connectivity index (χ3v) is 3.89. The number of hydrogen-bond acceptors (Lipinski definition) is 2. The van der Waals surface area contributed by atoms with Crippen molar-refractivity contribution in [2.24, 2.45) is 0 Å². The van der Waals surface area contributed by atoms with E-state index in [0.717, 1.165) is 17.7 Å². The van der Waals surface area contributed by atoms with Gasteiger partial charge in [-0.1, -0.05) is 24.3 Å².